The van der Waals surface area contributed by atoms with Crippen LogP contribution < -0.4 is 5.56 Å². The summed E-state index contributed by atoms with van der Waals surface area (Å²) in [5, 5.41) is 23.2. The number of aromatic nitrogens is 2. The van der Waals surface area contributed by atoms with Gasteiger partial charge in [-0.3, -0.25) is 4.79 Å². The van der Waals surface area contributed by atoms with Gasteiger partial charge in [0.15, 0.2) is 11.6 Å². The quantitative estimate of drug-likeness (QED) is 0.609. The zero-order valence-corrected chi connectivity index (χ0v) is 17.7. The lowest BCUT2D eigenvalue weighted by Crippen LogP contribution is -2.24. The first-order valence-electron chi connectivity index (χ1n) is 8.97. The number of carboxylic acids is 1. The summed E-state index contributed by atoms with van der Waals surface area (Å²) in [5.41, 5.74) is 2.26. The highest BCUT2D eigenvalue weighted by Crippen LogP contribution is 2.36. The van der Waals surface area contributed by atoms with E-state index >= 15 is 0 Å². The fourth-order valence-electron chi connectivity index (χ4n) is 3.13. The molecule has 0 fully saturated rings. The Labute approximate surface area is 185 Å². The Morgan fingerprint density at radius 3 is 2.29 bits per heavy atom. The van der Waals surface area contributed by atoms with Crippen molar-refractivity contribution in [3.05, 3.63) is 73.7 Å². The number of phenolic OH excluding ortho intramolecular Hbond substituents is 1. The lowest BCUT2D eigenvalue weighted by molar-refractivity contribution is 0.0697. The summed E-state index contributed by atoms with van der Waals surface area (Å²) in [6, 6.07) is 8.94. The molecule has 10 heteroatoms. The molecule has 3 aromatic rings. The molecule has 0 unspecified atom stereocenters. The fraction of sp³-hybridized carbons (Fsp3) is 0.0952. The Balaban J connectivity index is 1.88. The largest absolute Gasteiger partial charge is 0.505 e. The van der Waals surface area contributed by atoms with Crippen LogP contribution in [0.25, 0.3) is 11.3 Å². The Kier molecular flexibility index (Phi) is 5.12. The van der Waals surface area contributed by atoms with Crippen LogP contribution in [0.15, 0.2) is 51.3 Å². The van der Waals surface area contributed by atoms with Crippen LogP contribution in [-0.2, 0) is 0 Å². The number of aliphatic imine (C=N–C) groups is 1. The number of benzene rings is 2. The van der Waals surface area contributed by atoms with Crippen molar-refractivity contribution in [1.29, 1.82) is 0 Å². The molecule has 2 heterocycles. The van der Waals surface area contributed by atoms with E-state index < -0.39 is 5.97 Å². The van der Waals surface area contributed by atoms with Crippen LogP contribution in [0.3, 0.4) is 0 Å². The molecule has 0 amide bonds. The van der Waals surface area contributed by atoms with Gasteiger partial charge in [0.25, 0.3) is 5.56 Å². The second-order valence-electron chi connectivity index (χ2n) is 6.81. The predicted molar refractivity (Wildman–Crippen MR) is 118 cm³/mol. The van der Waals surface area contributed by atoms with Gasteiger partial charge in [-0.1, -0.05) is 35.3 Å². The molecule has 0 atom stereocenters. The van der Waals surface area contributed by atoms with Crippen molar-refractivity contribution >= 4 is 46.3 Å². The average molecular weight is 457 g/mol. The third kappa shape index (κ3) is 3.60. The monoisotopic (exact) mass is 456 g/mol. The summed E-state index contributed by atoms with van der Waals surface area (Å²) in [4.78, 5) is 33.1. The van der Waals surface area contributed by atoms with Crippen molar-refractivity contribution in [2.24, 2.45) is 10.1 Å². The van der Waals surface area contributed by atoms with Crippen LogP contribution in [0.5, 0.6) is 5.75 Å². The van der Waals surface area contributed by atoms with E-state index in [9.17, 15) is 14.7 Å². The molecule has 0 saturated carbocycles. The van der Waals surface area contributed by atoms with Gasteiger partial charge < -0.3 is 10.2 Å². The zero-order chi connectivity index (χ0) is 22.4. The van der Waals surface area contributed by atoms with Crippen LogP contribution in [0.4, 0.5) is 5.69 Å². The van der Waals surface area contributed by atoms with Gasteiger partial charge in [0.1, 0.15) is 5.71 Å². The smallest absolute Gasteiger partial charge is 0.335 e. The van der Waals surface area contributed by atoms with Crippen molar-refractivity contribution in [1.82, 2.24) is 9.66 Å². The maximum absolute atomic E-state index is 12.9. The number of aromatic carboxylic acids is 1. The van der Waals surface area contributed by atoms with Crippen molar-refractivity contribution in [2.75, 3.05) is 0 Å². The van der Waals surface area contributed by atoms with Gasteiger partial charge in [0, 0.05) is 11.1 Å². The molecular weight excluding hydrogens is 443 g/mol. The molecule has 1 aliphatic heterocycles. The maximum Gasteiger partial charge on any atom is 0.335 e. The molecule has 31 heavy (non-hydrogen) atoms. The van der Waals surface area contributed by atoms with E-state index in [0.29, 0.717) is 33.9 Å². The van der Waals surface area contributed by atoms with E-state index in [1.54, 1.807) is 26.0 Å². The maximum atomic E-state index is 12.9. The second kappa shape index (κ2) is 7.64. The highest BCUT2D eigenvalue weighted by atomic mass is 35.5. The molecule has 2 N–H and O–H groups in total. The molecule has 1 aromatic heterocycles. The van der Waals surface area contributed by atoms with E-state index in [-0.39, 0.29) is 32.7 Å². The highest BCUT2D eigenvalue weighted by molar-refractivity contribution is 6.48. The van der Waals surface area contributed by atoms with Gasteiger partial charge in [-0.15, -0.1) is 0 Å². The van der Waals surface area contributed by atoms with Crippen molar-refractivity contribution in [3.63, 3.8) is 0 Å². The Morgan fingerprint density at radius 2 is 1.71 bits per heavy atom. The second-order valence-corrected chi connectivity index (χ2v) is 7.63. The summed E-state index contributed by atoms with van der Waals surface area (Å²) in [6.45, 7) is 3.32. The Morgan fingerprint density at radius 1 is 1.10 bits per heavy atom. The summed E-state index contributed by atoms with van der Waals surface area (Å²) in [7, 11) is 0. The van der Waals surface area contributed by atoms with Gasteiger partial charge in [-0.2, -0.15) is 9.78 Å². The molecule has 2 aromatic carbocycles. The number of halogens is 2. The average Bonchev–Trinajstić information content (AvgIpc) is 3.04. The summed E-state index contributed by atoms with van der Waals surface area (Å²) in [6.07, 6.45) is 0. The Bertz CT molecular complexity index is 1350. The first-order valence-corrected chi connectivity index (χ1v) is 9.73. The van der Waals surface area contributed by atoms with E-state index in [2.05, 4.69) is 15.1 Å². The molecule has 4 rings (SSSR count). The van der Waals surface area contributed by atoms with E-state index in [1.165, 1.54) is 28.9 Å². The first kappa shape index (κ1) is 20.8. The lowest BCUT2D eigenvalue weighted by Gasteiger charge is -2.09. The summed E-state index contributed by atoms with van der Waals surface area (Å²) < 4.78 is 1.17. The normalized spacial score (nSPS) is 13.9. The molecule has 0 spiro atoms. The lowest BCUT2D eigenvalue weighted by atomic mass is 10.1. The van der Waals surface area contributed by atoms with Gasteiger partial charge in [-0.25, -0.2) is 14.8 Å². The number of aromatic hydroxyl groups is 1. The minimum absolute atomic E-state index is 0.0351. The third-order valence-corrected chi connectivity index (χ3v) is 5.32. The molecule has 8 nitrogen and oxygen atoms in total. The van der Waals surface area contributed by atoms with Crippen LogP contribution in [-0.4, -0.2) is 37.3 Å². The van der Waals surface area contributed by atoms with E-state index in [1.807, 2.05) is 0 Å². The zero-order valence-electron chi connectivity index (χ0n) is 16.2. The van der Waals surface area contributed by atoms with E-state index in [4.69, 9.17) is 28.3 Å². The van der Waals surface area contributed by atoms with Gasteiger partial charge in [0.05, 0.1) is 32.7 Å². The fourth-order valence-corrected chi connectivity index (χ4v) is 3.60. The number of carbonyl (C=O) groups is 1. The van der Waals surface area contributed by atoms with Crippen LogP contribution in [0.2, 0.25) is 10.0 Å². The first-order chi connectivity index (χ1) is 14.7. The minimum atomic E-state index is -1.05. The SMILES string of the molecule is CC1=Nn2c(nc(-c3ccc(C(=O)O)cc3)c(C)c2=O)C1=Nc1cc(Cl)c(O)c(Cl)c1. The molecule has 156 valence electrons. The summed E-state index contributed by atoms with van der Waals surface area (Å²) >= 11 is 12.0. The van der Waals surface area contributed by atoms with Crippen LogP contribution >= 0.6 is 23.2 Å². The highest BCUT2D eigenvalue weighted by Gasteiger charge is 2.26. The third-order valence-electron chi connectivity index (χ3n) is 4.74. The van der Waals surface area contributed by atoms with E-state index in [0.717, 1.165) is 0 Å². The molecular formula is C21H14Cl2N4O4. The van der Waals surface area contributed by atoms with Gasteiger partial charge in [0.2, 0.25) is 0 Å². The molecule has 0 bridgehead atoms. The number of hydrogen-bond donors (Lipinski definition) is 2. The Hall–Kier alpha value is -3.49. The summed E-state index contributed by atoms with van der Waals surface area (Å²) in [5.74, 6) is -1.07. The number of nitrogens with zero attached hydrogens (tertiary/aromatic N) is 4. The topological polar surface area (TPSA) is 117 Å². The molecule has 1 aliphatic rings. The predicted octanol–water partition coefficient (Wildman–Crippen LogP) is 4.29. The van der Waals surface area contributed by atoms with Crippen LogP contribution in [0.1, 0.15) is 28.7 Å². The number of carboxylic acid groups (broad SMARTS) is 1. The van der Waals surface area contributed by atoms with Crippen molar-refractivity contribution in [3.8, 4) is 17.0 Å². The number of rotatable bonds is 3. The van der Waals surface area contributed by atoms with Crippen molar-refractivity contribution < 1.29 is 15.0 Å². The van der Waals surface area contributed by atoms with Crippen LogP contribution in [0, 0.1) is 6.92 Å². The number of hydrogen-bond acceptors (Lipinski definition) is 6. The van der Waals surface area contributed by atoms with Gasteiger partial charge in [-0.05, 0) is 38.1 Å². The molecule has 0 saturated heterocycles. The number of fused-ring (bicyclic) bond motifs is 1. The molecule has 0 radical (unpaired) electrons. The minimum Gasteiger partial charge on any atom is -0.505 e. The standard InChI is InChI=1S/C21H14Cl2N4O4/c1-9-16(11-3-5-12(6-4-11)21(30)31)25-19-17(10(2)26-27(19)20(9)29)24-13-7-14(22)18(28)15(23)8-13/h3-8,28H,1-2H3,(H,30,31). The number of phenols is 1. The van der Waals surface area contributed by atoms with Crippen molar-refractivity contribution in [2.45, 2.75) is 13.8 Å². The van der Waals surface area contributed by atoms with Gasteiger partial charge >= 0.3 is 5.97 Å². The molecule has 0 aliphatic carbocycles.